The number of imide groups is 1. The molecule has 1 aromatic carbocycles. The molecule has 0 bridgehead atoms. The maximum absolute atomic E-state index is 13.6. The van der Waals surface area contributed by atoms with Crippen LogP contribution < -0.4 is 16.2 Å². The first-order chi connectivity index (χ1) is 24.1. The van der Waals surface area contributed by atoms with Crippen molar-refractivity contribution in [2.45, 2.75) is 81.6 Å². The quantitative estimate of drug-likeness (QED) is 0.350. The van der Waals surface area contributed by atoms with E-state index in [9.17, 15) is 19.2 Å². The van der Waals surface area contributed by atoms with Crippen LogP contribution in [0, 0.1) is 5.41 Å². The van der Waals surface area contributed by atoms with Gasteiger partial charge < -0.3 is 15.1 Å². The zero-order valence-corrected chi connectivity index (χ0v) is 29.6. The van der Waals surface area contributed by atoms with E-state index in [0.717, 1.165) is 87.9 Å². The van der Waals surface area contributed by atoms with Gasteiger partial charge in [-0.1, -0.05) is 29.8 Å². The summed E-state index contributed by atoms with van der Waals surface area (Å²) in [5, 5.41) is 10.1. The number of likely N-dealkylation sites (tertiary alicyclic amines) is 2. The lowest BCUT2D eigenvalue weighted by Crippen LogP contribution is -2.44. The molecule has 3 unspecified atom stereocenters. The van der Waals surface area contributed by atoms with Crippen LogP contribution in [-0.2, 0) is 16.6 Å². The van der Waals surface area contributed by atoms with E-state index in [0.29, 0.717) is 24.4 Å². The van der Waals surface area contributed by atoms with E-state index in [1.165, 1.54) is 10.2 Å². The zero-order valence-electron chi connectivity index (χ0n) is 28.9. The maximum atomic E-state index is 13.6. The third-order valence-electron chi connectivity index (χ3n) is 11.7. The highest BCUT2D eigenvalue weighted by Crippen LogP contribution is 2.49. The first kappa shape index (κ1) is 34.4. The van der Waals surface area contributed by atoms with Gasteiger partial charge in [0.15, 0.2) is 0 Å². The molecule has 5 heterocycles. The Morgan fingerprint density at radius 3 is 2.30 bits per heavy atom. The van der Waals surface area contributed by atoms with E-state index in [2.05, 4.69) is 45.9 Å². The molecule has 2 aromatic heterocycles. The van der Waals surface area contributed by atoms with Crippen LogP contribution in [0.5, 0.6) is 0 Å². The van der Waals surface area contributed by atoms with Crippen LogP contribution in [0.1, 0.15) is 103 Å². The van der Waals surface area contributed by atoms with Gasteiger partial charge in [0.25, 0.3) is 11.5 Å². The van der Waals surface area contributed by atoms with Gasteiger partial charge in [-0.15, -0.1) is 0 Å². The summed E-state index contributed by atoms with van der Waals surface area (Å²) < 4.78 is 1.23. The molecule has 3 amide bonds. The Bertz CT molecular complexity index is 1790. The summed E-state index contributed by atoms with van der Waals surface area (Å²) in [5.41, 5.74) is 4.42. The van der Waals surface area contributed by atoms with Crippen LogP contribution in [0.25, 0.3) is 0 Å². The third-order valence-corrected chi connectivity index (χ3v) is 12.1. The van der Waals surface area contributed by atoms with Crippen molar-refractivity contribution in [3.8, 4) is 0 Å². The molecule has 4 aliphatic rings. The van der Waals surface area contributed by atoms with Crippen LogP contribution in [0.15, 0.2) is 53.6 Å². The second-order valence-electron chi connectivity index (χ2n) is 15.0. The Kier molecular flexibility index (Phi) is 9.80. The van der Waals surface area contributed by atoms with Gasteiger partial charge in [-0.25, -0.2) is 4.68 Å². The molecule has 1 spiro atoms. The second-order valence-corrected chi connectivity index (χ2v) is 15.4. The van der Waals surface area contributed by atoms with Gasteiger partial charge in [0, 0.05) is 69.1 Å². The van der Waals surface area contributed by atoms with Crippen molar-refractivity contribution in [3.05, 3.63) is 86.6 Å². The van der Waals surface area contributed by atoms with Crippen molar-refractivity contribution >= 4 is 35.0 Å². The fraction of sp³-hybridized carbons (Fsp3) is 0.526. The number of halogens is 1. The molecule has 12 heteroatoms. The van der Waals surface area contributed by atoms with Gasteiger partial charge in [0.1, 0.15) is 5.02 Å². The number of likely N-dealkylation sites (N-methyl/N-ethyl adjacent to an activating group) is 1. The molecule has 3 atom stereocenters. The Morgan fingerprint density at radius 1 is 0.900 bits per heavy atom. The van der Waals surface area contributed by atoms with Crippen LogP contribution in [0.2, 0.25) is 5.02 Å². The first-order valence-corrected chi connectivity index (χ1v) is 18.3. The highest BCUT2D eigenvalue weighted by atomic mass is 35.5. The summed E-state index contributed by atoms with van der Waals surface area (Å²) in [6.07, 6.45) is 11.7. The van der Waals surface area contributed by atoms with Gasteiger partial charge in [-0.3, -0.25) is 29.5 Å². The van der Waals surface area contributed by atoms with Crippen LogP contribution >= 0.6 is 11.6 Å². The molecule has 3 aliphatic heterocycles. The predicted molar refractivity (Wildman–Crippen MR) is 191 cm³/mol. The Labute approximate surface area is 297 Å². The minimum absolute atomic E-state index is 0.101. The summed E-state index contributed by atoms with van der Waals surface area (Å²) in [6.45, 7) is 3.30. The van der Waals surface area contributed by atoms with E-state index < -0.39 is 0 Å². The standard InChI is InChI=1S/C38H46ClN7O4/c1-44-22-28(19-29(23-44)42-32-21-41-45(2)37(50)34(32)39)24-3-5-26(6-4-24)36(49)46-17-15-38(16-18-46)13-11-25(12-14-38)31-9-7-27(20-40-31)30-8-10-33(47)43-35(30)48/h3-7,9,20-21,25,28-30,42H,8,10-19,22-23H2,1-2H3,(H,43,47,48). The molecule has 3 aromatic rings. The summed E-state index contributed by atoms with van der Waals surface area (Å²) in [6, 6.07) is 12.3. The summed E-state index contributed by atoms with van der Waals surface area (Å²) in [4.78, 5) is 58.7. The minimum atomic E-state index is -0.320. The Morgan fingerprint density at radius 2 is 1.62 bits per heavy atom. The van der Waals surface area contributed by atoms with E-state index in [1.807, 2.05) is 29.3 Å². The van der Waals surface area contributed by atoms with E-state index in [1.54, 1.807) is 13.2 Å². The summed E-state index contributed by atoms with van der Waals surface area (Å²) in [7, 11) is 3.68. The van der Waals surface area contributed by atoms with Gasteiger partial charge >= 0.3 is 0 Å². The van der Waals surface area contributed by atoms with Crippen molar-refractivity contribution in [1.29, 1.82) is 0 Å². The molecular formula is C38H46ClN7O4. The largest absolute Gasteiger partial charge is 0.378 e. The van der Waals surface area contributed by atoms with E-state index in [-0.39, 0.29) is 51.6 Å². The van der Waals surface area contributed by atoms with Crippen molar-refractivity contribution in [2.75, 3.05) is 38.5 Å². The molecule has 0 radical (unpaired) electrons. The topological polar surface area (TPSA) is 130 Å². The van der Waals surface area contributed by atoms with Crippen LogP contribution in [-0.4, -0.2) is 81.6 Å². The molecule has 1 saturated carbocycles. The Balaban J connectivity index is 0.901. The average molecular weight is 700 g/mol. The average Bonchev–Trinajstić information content (AvgIpc) is 3.12. The van der Waals surface area contributed by atoms with Crippen molar-refractivity contribution in [1.82, 2.24) is 29.9 Å². The molecule has 7 rings (SSSR count). The number of carbonyl (C=O) groups is 3. The number of nitrogens with one attached hydrogen (secondary N) is 2. The minimum Gasteiger partial charge on any atom is -0.378 e. The van der Waals surface area contributed by atoms with E-state index >= 15 is 0 Å². The molecule has 1 aliphatic carbocycles. The third kappa shape index (κ3) is 7.21. The summed E-state index contributed by atoms with van der Waals surface area (Å²) in [5.74, 6) is 0.0601. The number of amides is 3. The number of hydrogen-bond donors (Lipinski definition) is 2. The highest BCUT2D eigenvalue weighted by molar-refractivity contribution is 6.32. The molecule has 11 nitrogen and oxygen atoms in total. The monoisotopic (exact) mass is 699 g/mol. The molecule has 4 fully saturated rings. The number of benzene rings is 1. The Hall–Kier alpha value is -4.09. The fourth-order valence-electron chi connectivity index (χ4n) is 8.66. The number of piperidine rings is 3. The van der Waals surface area contributed by atoms with Gasteiger partial charge in [0.05, 0.1) is 17.8 Å². The number of carbonyl (C=O) groups excluding carboxylic acids is 3. The number of anilines is 1. The van der Waals surface area contributed by atoms with Crippen molar-refractivity contribution < 1.29 is 14.4 Å². The lowest BCUT2D eigenvalue weighted by molar-refractivity contribution is -0.134. The first-order valence-electron chi connectivity index (χ1n) is 17.9. The number of hydrogen-bond acceptors (Lipinski definition) is 8. The van der Waals surface area contributed by atoms with E-state index in [4.69, 9.17) is 16.6 Å². The van der Waals surface area contributed by atoms with Gasteiger partial charge in [-0.2, -0.15) is 5.10 Å². The second kappa shape index (κ2) is 14.3. The SMILES string of the molecule is CN1CC(Nc2cnn(C)c(=O)c2Cl)CC(c2ccc(C(=O)N3CCC4(CCC(c5ccc(C6CCC(=O)NC6=O)cn5)CC4)CC3)cc2)C1. The molecule has 264 valence electrons. The number of aromatic nitrogens is 3. The lowest BCUT2D eigenvalue weighted by atomic mass is 9.65. The molecule has 50 heavy (non-hydrogen) atoms. The number of nitrogens with zero attached hydrogens (tertiary/aromatic N) is 5. The lowest BCUT2D eigenvalue weighted by Gasteiger charge is -2.46. The van der Waals surface area contributed by atoms with Crippen LogP contribution in [0.4, 0.5) is 5.69 Å². The smallest absolute Gasteiger partial charge is 0.287 e. The van der Waals surface area contributed by atoms with Gasteiger partial charge in [0.2, 0.25) is 11.8 Å². The molecular weight excluding hydrogens is 654 g/mol. The number of rotatable bonds is 6. The molecule has 2 N–H and O–H groups in total. The maximum Gasteiger partial charge on any atom is 0.287 e. The number of pyridine rings is 1. The van der Waals surface area contributed by atoms with Crippen molar-refractivity contribution in [3.63, 3.8) is 0 Å². The highest BCUT2D eigenvalue weighted by Gasteiger charge is 2.40. The normalized spacial score (nSPS) is 24.6. The predicted octanol–water partition coefficient (Wildman–Crippen LogP) is 4.83. The van der Waals surface area contributed by atoms with Gasteiger partial charge in [-0.05, 0) is 99.1 Å². The van der Waals surface area contributed by atoms with Crippen molar-refractivity contribution in [2.24, 2.45) is 12.5 Å². The summed E-state index contributed by atoms with van der Waals surface area (Å²) >= 11 is 6.32. The molecule has 3 saturated heterocycles. The van der Waals surface area contributed by atoms with Crippen LogP contribution in [0.3, 0.4) is 0 Å². The zero-order chi connectivity index (χ0) is 35.0. The number of aryl methyl sites for hydroxylation is 1. The fourth-order valence-corrected chi connectivity index (χ4v) is 8.89.